The summed E-state index contributed by atoms with van der Waals surface area (Å²) in [6.45, 7) is 1.95. The lowest BCUT2D eigenvalue weighted by Gasteiger charge is -2.17. The van der Waals surface area contributed by atoms with Crippen LogP contribution in [0.4, 0.5) is 5.82 Å². The van der Waals surface area contributed by atoms with Crippen molar-refractivity contribution in [1.29, 1.82) is 0 Å². The van der Waals surface area contributed by atoms with E-state index >= 15 is 0 Å². The van der Waals surface area contributed by atoms with Gasteiger partial charge in [-0.3, -0.25) is 19.6 Å². The number of nitrogens with one attached hydrogen (secondary N) is 2. The van der Waals surface area contributed by atoms with Crippen LogP contribution in [0.3, 0.4) is 0 Å². The Morgan fingerprint density at radius 2 is 2.04 bits per heavy atom. The van der Waals surface area contributed by atoms with Crippen molar-refractivity contribution in [2.75, 3.05) is 5.32 Å². The third-order valence-electron chi connectivity index (χ3n) is 3.17. The Hall–Kier alpha value is -2.35. The summed E-state index contributed by atoms with van der Waals surface area (Å²) in [4.78, 5) is 36.4. The van der Waals surface area contributed by atoms with Crippen LogP contribution in [0.25, 0.3) is 0 Å². The van der Waals surface area contributed by atoms with E-state index in [4.69, 9.17) is 0 Å². The number of pyridine rings is 1. The Morgan fingerprint density at radius 3 is 2.71 bits per heavy atom. The highest BCUT2D eigenvalue weighted by atomic mass is 79.9. The smallest absolute Gasteiger partial charge is 0.248 e. The minimum atomic E-state index is -0.621. The monoisotopic (exact) mass is 391 g/mol. The van der Waals surface area contributed by atoms with Crippen LogP contribution in [0.1, 0.15) is 25.3 Å². The minimum absolute atomic E-state index is 0.158. The molecule has 0 radical (unpaired) electrons. The number of carbonyl (C=O) groups is 2. The molecule has 2 aromatic rings. The van der Waals surface area contributed by atoms with Gasteiger partial charge < -0.3 is 10.6 Å². The van der Waals surface area contributed by atoms with E-state index in [9.17, 15) is 9.59 Å². The molecule has 0 aromatic carbocycles. The molecule has 0 saturated carbocycles. The number of anilines is 1. The van der Waals surface area contributed by atoms with Crippen molar-refractivity contribution >= 4 is 33.6 Å². The Morgan fingerprint density at radius 1 is 1.21 bits per heavy atom. The van der Waals surface area contributed by atoms with E-state index in [0.29, 0.717) is 12.2 Å². The predicted molar refractivity (Wildman–Crippen MR) is 93.1 cm³/mol. The molecule has 24 heavy (non-hydrogen) atoms. The SMILES string of the molecule is CCCC(NC(=O)Cc1cncc(Br)c1)C(=O)Nc1cnccn1. The lowest BCUT2D eigenvalue weighted by Crippen LogP contribution is -2.44. The normalized spacial score (nSPS) is 11.6. The molecule has 0 spiro atoms. The van der Waals surface area contributed by atoms with Crippen LogP contribution in [0, 0.1) is 0 Å². The molecule has 0 aliphatic heterocycles. The molecule has 2 heterocycles. The number of rotatable bonds is 7. The summed E-state index contributed by atoms with van der Waals surface area (Å²) in [5.41, 5.74) is 0.770. The Balaban J connectivity index is 1.96. The van der Waals surface area contributed by atoms with E-state index in [1.54, 1.807) is 12.4 Å². The molecule has 0 bridgehead atoms. The van der Waals surface area contributed by atoms with E-state index in [2.05, 4.69) is 41.5 Å². The Labute approximate surface area is 148 Å². The maximum Gasteiger partial charge on any atom is 0.248 e. The zero-order valence-electron chi connectivity index (χ0n) is 13.2. The van der Waals surface area contributed by atoms with Crippen molar-refractivity contribution in [3.05, 3.63) is 47.1 Å². The fourth-order valence-electron chi connectivity index (χ4n) is 2.12. The van der Waals surface area contributed by atoms with E-state index in [1.807, 2.05) is 13.0 Å². The fraction of sp³-hybridized carbons (Fsp3) is 0.312. The summed E-state index contributed by atoms with van der Waals surface area (Å²) in [6.07, 6.45) is 9.19. The van der Waals surface area contributed by atoms with Gasteiger partial charge in [0.15, 0.2) is 5.82 Å². The summed E-state index contributed by atoms with van der Waals surface area (Å²) < 4.78 is 0.804. The van der Waals surface area contributed by atoms with Crippen LogP contribution in [-0.2, 0) is 16.0 Å². The molecular weight excluding hydrogens is 374 g/mol. The van der Waals surface area contributed by atoms with Gasteiger partial charge in [-0.05, 0) is 34.0 Å². The first-order chi connectivity index (χ1) is 11.6. The summed E-state index contributed by atoms with van der Waals surface area (Å²) in [5, 5.41) is 5.42. The zero-order valence-corrected chi connectivity index (χ0v) is 14.8. The quantitative estimate of drug-likeness (QED) is 0.752. The second kappa shape index (κ2) is 9.07. The van der Waals surface area contributed by atoms with Crippen LogP contribution < -0.4 is 10.6 Å². The molecule has 2 amide bonds. The van der Waals surface area contributed by atoms with Gasteiger partial charge >= 0.3 is 0 Å². The van der Waals surface area contributed by atoms with E-state index in [1.165, 1.54) is 18.6 Å². The molecule has 0 aliphatic carbocycles. The van der Waals surface area contributed by atoms with Crippen LogP contribution in [0.2, 0.25) is 0 Å². The van der Waals surface area contributed by atoms with E-state index in [-0.39, 0.29) is 18.2 Å². The number of aromatic nitrogens is 3. The van der Waals surface area contributed by atoms with Gasteiger partial charge in [0.05, 0.1) is 12.6 Å². The molecule has 8 heteroatoms. The maximum absolute atomic E-state index is 12.3. The van der Waals surface area contributed by atoms with Gasteiger partial charge in [-0.2, -0.15) is 0 Å². The first kappa shape index (κ1) is 18.0. The number of amides is 2. The topological polar surface area (TPSA) is 96.9 Å². The van der Waals surface area contributed by atoms with Gasteiger partial charge in [-0.1, -0.05) is 13.3 Å². The minimum Gasteiger partial charge on any atom is -0.344 e. The third kappa shape index (κ3) is 5.69. The Bertz CT molecular complexity index is 696. The summed E-state index contributed by atoms with van der Waals surface area (Å²) >= 11 is 3.32. The predicted octanol–water partition coefficient (Wildman–Crippen LogP) is 2.10. The van der Waals surface area contributed by atoms with E-state index in [0.717, 1.165) is 16.5 Å². The van der Waals surface area contributed by atoms with Crippen molar-refractivity contribution in [2.24, 2.45) is 0 Å². The third-order valence-corrected chi connectivity index (χ3v) is 3.60. The average molecular weight is 392 g/mol. The zero-order chi connectivity index (χ0) is 17.4. The average Bonchev–Trinajstić information content (AvgIpc) is 2.55. The standard InChI is InChI=1S/C16H18BrN5O2/c1-2-3-13(16(24)22-14-10-18-4-5-20-14)21-15(23)7-11-6-12(17)9-19-8-11/h4-6,8-10,13H,2-3,7H2,1H3,(H,21,23)(H,20,22,24). The first-order valence-electron chi connectivity index (χ1n) is 7.54. The molecule has 2 aromatic heterocycles. The molecule has 7 nitrogen and oxygen atoms in total. The number of hydrogen-bond donors (Lipinski definition) is 2. The molecule has 2 N–H and O–H groups in total. The van der Waals surface area contributed by atoms with Crippen LogP contribution in [0.15, 0.2) is 41.5 Å². The van der Waals surface area contributed by atoms with Gasteiger partial charge in [0.1, 0.15) is 6.04 Å². The molecule has 2 rings (SSSR count). The molecule has 1 unspecified atom stereocenters. The Kier molecular flexibility index (Phi) is 6.80. The summed E-state index contributed by atoms with van der Waals surface area (Å²) in [7, 11) is 0. The second-order valence-corrected chi connectivity index (χ2v) is 6.09. The number of carbonyl (C=O) groups excluding carboxylic acids is 2. The van der Waals surface area contributed by atoms with Gasteiger partial charge in [0.2, 0.25) is 11.8 Å². The van der Waals surface area contributed by atoms with E-state index < -0.39 is 6.04 Å². The van der Waals surface area contributed by atoms with Crippen LogP contribution in [-0.4, -0.2) is 32.8 Å². The molecular formula is C16H18BrN5O2. The van der Waals surface area contributed by atoms with Crippen molar-refractivity contribution in [1.82, 2.24) is 20.3 Å². The van der Waals surface area contributed by atoms with Crippen LogP contribution in [0.5, 0.6) is 0 Å². The molecule has 1 atom stereocenters. The van der Waals surface area contributed by atoms with Gasteiger partial charge in [0.25, 0.3) is 0 Å². The largest absolute Gasteiger partial charge is 0.344 e. The molecule has 0 aliphatic rings. The molecule has 0 saturated heterocycles. The van der Waals surface area contributed by atoms with Crippen molar-refractivity contribution in [2.45, 2.75) is 32.2 Å². The first-order valence-corrected chi connectivity index (χ1v) is 8.33. The summed E-state index contributed by atoms with van der Waals surface area (Å²) in [5.74, 6) is -0.185. The van der Waals surface area contributed by atoms with Crippen molar-refractivity contribution in [3.63, 3.8) is 0 Å². The number of hydrogen-bond acceptors (Lipinski definition) is 5. The van der Waals surface area contributed by atoms with Crippen LogP contribution >= 0.6 is 15.9 Å². The van der Waals surface area contributed by atoms with Gasteiger partial charge in [-0.15, -0.1) is 0 Å². The highest BCUT2D eigenvalue weighted by Crippen LogP contribution is 2.10. The van der Waals surface area contributed by atoms with Gasteiger partial charge in [-0.25, -0.2) is 4.98 Å². The second-order valence-electron chi connectivity index (χ2n) is 5.18. The van der Waals surface area contributed by atoms with Gasteiger partial charge in [0, 0.05) is 29.3 Å². The molecule has 126 valence electrons. The molecule has 0 fully saturated rings. The van der Waals surface area contributed by atoms with Crippen molar-refractivity contribution < 1.29 is 9.59 Å². The van der Waals surface area contributed by atoms with Crippen molar-refractivity contribution in [3.8, 4) is 0 Å². The number of nitrogens with zero attached hydrogens (tertiary/aromatic N) is 3. The number of halogens is 1. The summed E-state index contributed by atoms with van der Waals surface area (Å²) in [6, 6.07) is 1.20. The fourth-order valence-corrected chi connectivity index (χ4v) is 2.53. The highest BCUT2D eigenvalue weighted by Gasteiger charge is 2.20. The maximum atomic E-state index is 12.3. The highest BCUT2D eigenvalue weighted by molar-refractivity contribution is 9.10. The lowest BCUT2D eigenvalue weighted by molar-refractivity contribution is -0.126. The lowest BCUT2D eigenvalue weighted by atomic mass is 10.1.